The van der Waals surface area contributed by atoms with Crippen molar-refractivity contribution in [2.75, 3.05) is 11.0 Å². The van der Waals surface area contributed by atoms with Crippen LogP contribution in [0.15, 0.2) is 24.3 Å². The Morgan fingerprint density at radius 2 is 2.00 bits per heavy atom. The van der Waals surface area contributed by atoms with Gasteiger partial charge in [0.15, 0.2) is 0 Å². The number of nitrogens with two attached hydrogens (primary N) is 1. The zero-order chi connectivity index (χ0) is 12.7. The summed E-state index contributed by atoms with van der Waals surface area (Å²) in [6, 6.07) is 7.71. The van der Waals surface area contributed by atoms with Gasteiger partial charge in [-0.15, -0.1) is 0 Å². The van der Waals surface area contributed by atoms with E-state index in [1.54, 1.807) is 6.92 Å². The molecule has 0 aliphatic carbocycles. The first-order valence-corrected chi connectivity index (χ1v) is 7.37. The molecule has 0 fully saturated rings. The highest BCUT2D eigenvalue weighted by molar-refractivity contribution is 14.1. The number of hydrogen-bond acceptors (Lipinski definition) is 3. The van der Waals surface area contributed by atoms with Crippen molar-refractivity contribution < 1.29 is 9.84 Å². The highest BCUT2D eigenvalue weighted by Gasteiger charge is 2.09. The van der Waals surface area contributed by atoms with Crippen molar-refractivity contribution >= 4 is 22.6 Å². The Hall–Kier alpha value is -0.330. The fraction of sp³-hybridized carbons (Fsp3) is 0.538. The van der Waals surface area contributed by atoms with Crippen LogP contribution in [0.5, 0.6) is 5.75 Å². The molecule has 1 aromatic rings. The van der Waals surface area contributed by atoms with Crippen LogP contribution in [0.3, 0.4) is 0 Å². The number of ether oxygens (including phenoxy) is 1. The summed E-state index contributed by atoms with van der Waals surface area (Å²) in [6.45, 7) is 2.47. The first kappa shape index (κ1) is 14.7. The fourth-order valence-electron chi connectivity index (χ4n) is 1.41. The molecule has 96 valence electrons. The summed E-state index contributed by atoms with van der Waals surface area (Å²) < 4.78 is 6.68. The van der Waals surface area contributed by atoms with Gasteiger partial charge in [0.2, 0.25) is 0 Å². The monoisotopic (exact) mass is 349 g/mol. The topological polar surface area (TPSA) is 55.5 Å². The lowest BCUT2D eigenvalue weighted by Crippen LogP contribution is -2.34. The van der Waals surface area contributed by atoms with E-state index in [9.17, 15) is 5.11 Å². The summed E-state index contributed by atoms with van der Waals surface area (Å²) in [7, 11) is 0. The third-order valence-electron chi connectivity index (χ3n) is 2.56. The van der Waals surface area contributed by atoms with Gasteiger partial charge in [-0.05, 0) is 37.5 Å². The first-order valence-electron chi connectivity index (χ1n) is 5.85. The standard InChI is InChI=1S/C13H20INO2/c1-10(16)13(15)9-11-3-5-12(6-4-11)17-8-2-7-14/h3-6,10,13,16H,2,7-9,15H2,1H3. The van der Waals surface area contributed by atoms with E-state index in [0.29, 0.717) is 6.42 Å². The van der Waals surface area contributed by atoms with Gasteiger partial charge < -0.3 is 15.6 Å². The fourth-order valence-corrected chi connectivity index (χ4v) is 1.72. The lowest BCUT2D eigenvalue weighted by Gasteiger charge is -2.14. The molecule has 3 N–H and O–H groups in total. The third kappa shape index (κ3) is 5.70. The molecule has 0 spiro atoms. The van der Waals surface area contributed by atoms with Crippen LogP contribution in [0.4, 0.5) is 0 Å². The zero-order valence-electron chi connectivity index (χ0n) is 10.1. The number of aliphatic hydroxyl groups is 1. The van der Waals surface area contributed by atoms with Crippen molar-refractivity contribution in [1.29, 1.82) is 0 Å². The summed E-state index contributed by atoms with van der Waals surface area (Å²) in [5.41, 5.74) is 6.93. The number of hydrogen-bond donors (Lipinski definition) is 2. The molecule has 0 saturated heterocycles. The van der Waals surface area contributed by atoms with Gasteiger partial charge in [0.25, 0.3) is 0 Å². The average Bonchev–Trinajstić information content (AvgIpc) is 2.31. The van der Waals surface area contributed by atoms with E-state index in [2.05, 4.69) is 22.6 Å². The molecule has 0 saturated carbocycles. The van der Waals surface area contributed by atoms with Crippen LogP contribution in [0.1, 0.15) is 18.9 Å². The maximum Gasteiger partial charge on any atom is 0.119 e. The van der Waals surface area contributed by atoms with Gasteiger partial charge in [0.1, 0.15) is 5.75 Å². The van der Waals surface area contributed by atoms with Crippen molar-refractivity contribution in [1.82, 2.24) is 0 Å². The summed E-state index contributed by atoms with van der Waals surface area (Å²) >= 11 is 2.34. The van der Waals surface area contributed by atoms with E-state index in [-0.39, 0.29) is 6.04 Å². The maximum absolute atomic E-state index is 9.33. The quantitative estimate of drug-likeness (QED) is 0.451. The smallest absolute Gasteiger partial charge is 0.119 e. The molecule has 4 heteroatoms. The van der Waals surface area contributed by atoms with Gasteiger partial charge in [0.05, 0.1) is 12.7 Å². The molecule has 2 unspecified atom stereocenters. The zero-order valence-corrected chi connectivity index (χ0v) is 12.3. The third-order valence-corrected chi connectivity index (χ3v) is 3.32. The lowest BCUT2D eigenvalue weighted by atomic mass is 10.0. The molecular weight excluding hydrogens is 329 g/mol. The molecule has 0 aliphatic heterocycles. The number of benzene rings is 1. The Bertz CT molecular complexity index is 314. The molecule has 0 heterocycles. The van der Waals surface area contributed by atoms with Crippen LogP contribution in [-0.4, -0.2) is 28.3 Å². The first-order chi connectivity index (χ1) is 8.13. The highest BCUT2D eigenvalue weighted by Crippen LogP contribution is 2.14. The van der Waals surface area contributed by atoms with Crippen molar-refractivity contribution in [3.8, 4) is 5.75 Å². The van der Waals surface area contributed by atoms with Gasteiger partial charge >= 0.3 is 0 Å². The van der Waals surface area contributed by atoms with Crippen LogP contribution in [0, 0.1) is 0 Å². The van der Waals surface area contributed by atoms with Crippen LogP contribution >= 0.6 is 22.6 Å². The van der Waals surface area contributed by atoms with Crippen LogP contribution in [0.2, 0.25) is 0 Å². The molecule has 3 nitrogen and oxygen atoms in total. The van der Waals surface area contributed by atoms with Crippen molar-refractivity contribution in [3.63, 3.8) is 0 Å². The predicted octanol–water partition coefficient (Wildman–Crippen LogP) is 2.14. The number of alkyl halides is 1. The van der Waals surface area contributed by atoms with E-state index >= 15 is 0 Å². The average molecular weight is 349 g/mol. The van der Waals surface area contributed by atoms with Crippen LogP contribution < -0.4 is 10.5 Å². The number of rotatable bonds is 7. The van der Waals surface area contributed by atoms with Crippen molar-refractivity contribution in [3.05, 3.63) is 29.8 Å². The minimum absolute atomic E-state index is 0.208. The second kappa shape index (κ2) is 7.89. The van der Waals surface area contributed by atoms with E-state index in [0.717, 1.165) is 28.8 Å². The van der Waals surface area contributed by atoms with Gasteiger partial charge in [-0.1, -0.05) is 34.7 Å². The maximum atomic E-state index is 9.33. The lowest BCUT2D eigenvalue weighted by molar-refractivity contribution is 0.163. The Labute approximate surface area is 116 Å². The second-order valence-corrected chi connectivity index (χ2v) is 5.22. The SMILES string of the molecule is CC(O)C(N)Cc1ccc(OCCCI)cc1. The van der Waals surface area contributed by atoms with Gasteiger partial charge in [-0.2, -0.15) is 0 Å². The molecule has 0 aliphatic rings. The predicted molar refractivity (Wildman–Crippen MR) is 78.8 cm³/mol. The van der Waals surface area contributed by atoms with Gasteiger partial charge in [-0.3, -0.25) is 0 Å². The van der Waals surface area contributed by atoms with Crippen LogP contribution in [0.25, 0.3) is 0 Å². The van der Waals surface area contributed by atoms with Gasteiger partial charge in [0, 0.05) is 10.5 Å². The number of aliphatic hydroxyl groups excluding tert-OH is 1. The normalized spacial score (nSPS) is 14.4. The Morgan fingerprint density at radius 1 is 1.35 bits per heavy atom. The molecule has 0 aromatic heterocycles. The van der Waals surface area contributed by atoms with E-state index in [4.69, 9.17) is 10.5 Å². The summed E-state index contributed by atoms with van der Waals surface area (Å²) in [6.07, 6.45) is 1.27. The molecule has 0 amide bonds. The number of halogens is 1. The summed E-state index contributed by atoms with van der Waals surface area (Å²) in [5, 5.41) is 9.33. The molecule has 1 rings (SSSR count). The van der Waals surface area contributed by atoms with Crippen LogP contribution in [-0.2, 0) is 6.42 Å². The van der Waals surface area contributed by atoms with Crippen molar-refractivity contribution in [2.24, 2.45) is 5.73 Å². The molecule has 1 aromatic carbocycles. The summed E-state index contributed by atoms with van der Waals surface area (Å²) in [5.74, 6) is 0.893. The highest BCUT2D eigenvalue weighted by atomic mass is 127. The molecule has 2 atom stereocenters. The minimum Gasteiger partial charge on any atom is -0.494 e. The van der Waals surface area contributed by atoms with Gasteiger partial charge in [-0.25, -0.2) is 0 Å². The van der Waals surface area contributed by atoms with Crippen molar-refractivity contribution in [2.45, 2.75) is 31.9 Å². The Morgan fingerprint density at radius 3 is 2.53 bits per heavy atom. The Kier molecular flexibility index (Phi) is 6.84. The molecule has 0 bridgehead atoms. The van der Waals surface area contributed by atoms with E-state index in [1.165, 1.54) is 0 Å². The summed E-state index contributed by atoms with van der Waals surface area (Å²) in [4.78, 5) is 0. The second-order valence-electron chi connectivity index (χ2n) is 4.14. The van der Waals surface area contributed by atoms with E-state index < -0.39 is 6.10 Å². The molecular formula is C13H20INO2. The Balaban J connectivity index is 2.44. The largest absolute Gasteiger partial charge is 0.494 e. The molecule has 17 heavy (non-hydrogen) atoms. The van der Waals surface area contributed by atoms with E-state index in [1.807, 2.05) is 24.3 Å². The minimum atomic E-state index is -0.477. The molecule has 0 radical (unpaired) electrons.